The number of rotatable bonds is 7. The summed E-state index contributed by atoms with van der Waals surface area (Å²) in [6.45, 7) is 3.77. The van der Waals surface area contributed by atoms with Crippen molar-refractivity contribution in [3.8, 4) is 5.75 Å². The van der Waals surface area contributed by atoms with E-state index in [-0.39, 0.29) is 13.2 Å². The normalized spacial score (nSPS) is 12.0. The zero-order valence-electron chi connectivity index (χ0n) is 11.6. The predicted octanol–water partition coefficient (Wildman–Crippen LogP) is 0.151. The van der Waals surface area contributed by atoms with Crippen LogP contribution in [0.2, 0.25) is 0 Å². The van der Waals surface area contributed by atoms with Crippen LogP contribution in [0.25, 0.3) is 0 Å². The largest absolute Gasteiger partial charge is 0.484 e. The lowest BCUT2D eigenvalue weighted by Crippen LogP contribution is -2.41. The predicted molar refractivity (Wildman–Crippen MR) is 74.2 cm³/mol. The Hall–Kier alpha value is -2.08. The summed E-state index contributed by atoms with van der Waals surface area (Å²) in [7, 11) is 0. The number of ether oxygens (including phenoxy) is 1. The van der Waals surface area contributed by atoms with Gasteiger partial charge < -0.3 is 20.9 Å². The summed E-state index contributed by atoms with van der Waals surface area (Å²) in [6, 6.07) is 7.46. The highest BCUT2D eigenvalue weighted by Gasteiger charge is 2.12. The Labute approximate surface area is 117 Å². The minimum absolute atomic E-state index is 0.188. The number of carbonyl (C=O) groups excluding carboxylic acids is 2. The number of aliphatic hydroxyl groups excluding tert-OH is 1. The van der Waals surface area contributed by atoms with Gasteiger partial charge in [-0.2, -0.15) is 0 Å². The smallest absolute Gasteiger partial charge is 0.258 e. The van der Waals surface area contributed by atoms with Gasteiger partial charge in [0.15, 0.2) is 6.61 Å². The van der Waals surface area contributed by atoms with Gasteiger partial charge >= 0.3 is 0 Å². The van der Waals surface area contributed by atoms with E-state index in [9.17, 15) is 9.59 Å². The fourth-order valence-corrected chi connectivity index (χ4v) is 1.46. The van der Waals surface area contributed by atoms with Crippen molar-refractivity contribution in [2.45, 2.75) is 25.9 Å². The number of hydrogen-bond acceptors (Lipinski definition) is 4. The van der Waals surface area contributed by atoms with Crippen molar-refractivity contribution >= 4 is 11.8 Å². The molecule has 110 valence electrons. The Morgan fingerprint density at radius 3 is 2.40 bits per heavy atom. The van der Waals surface area contributed by atoms with Crippen LogP contribution in [-0.2, 0) is 9.59 Å². The van der Waals surface area contributed by atoms with Crippen molar-refractivity contribution in [1.82, 2.24) is 5.32 Å². The van der Waals surface area contributed by atoms with Crippen molar-refractivity contribution in [2.24, 2.45) is 5.73 Å². The zero-order chi connectivity index (χ0) is 15.1. The van der Waals surface area contributed by atoms with Crippen LogP contribution in [-0.4, -0.2) is 36.2 Å². The topological polar surface area (TPSA) is 102 Å². The van der Waals surface area contributed by atoms with Crippen LogP contribution in [0.5, 0.6) is 5.75 Å². The Kier molecular flexibility index (Phi) is 5.99. The first-order valence-electron chi connectivity index (χ1n) is 6.37. The van der Waals surface area contributed by atoms with E-state index in [1.54, 1.807) is 12.1 Å². The maximum atomic E-state index is 11.4. The lowest BCUT2D eigenvalue weighted by Gasteiger charge is -2.10. The highest BCUT2D eigenvalue weighted by atomic mass is 16.5. The molecule has 0 saturated carbocycles. The summed E-state index contributed by atoms with van der Waals surface area (Å²) in [5.74, 6) is -0.295. The van der Waals surface area contributed by atoms with Crippen LogP contribution in [0.3, 0.4) is 0 Å². The number of primary amides is 1. The van der Waals surface area contributed by atoms with Gasteiger partial charge in [-0.25, -0.2) is 0 Å². The molecule has 0 aliphatic carbocycles. The third kappa shape index (κ3) is 5.27. The molecular formula is C14H20N2O4. The van der Waals surface area contributed by atoms with Crippen molar-refractivity contribution in [2.75, 3.05) is 13.2 Å². The fraction of sp³-hybridized carbons (Fsp3) is 0.429. The van der Waals surface area contributed by atoms with E-state index in [1.807, 2.05) is 12.1 Å². The van der Waals surface area contributed by atoms with E-state index in [0.717, 1.165) is 0 Å². The quantitative estimate of drug-likeness (QED) is 0.661. The molecule has 1 atom stereocenters. The van der Waals surface area contributed by atoms with Gasteiger partial charge in [0, 0.05) is 0 Å². The lowest BCUT2D eigenvalue weighted by molar-refractivity contribution is -0.127. The molecule has 1 rings (SSSR count). The molecule has 6 nitrogen and oxygen atoms in total. The van der Waals surface area contributed by atoms with Gasteiger partial charge in [-0.05, 0) is 23.6 Å². The summed E-state index contributed by atoms with van der Waals surface area (Å²) in [6.07, 6.45) is -1.38. The molecule has 0 radical (unpaired) electrons. The Morgan fingerprint density at radius 1 is 1.30 bits per heavy atom. The minimum Gasteiger partial charge on any atom is -0.484 e. The average molecular weight is 280 g/mol. The van der Waals surface area contributed by atoms with E-state index >= 15 is 0 Å². The van der Waals surface area contributed by atoms with Crippen molar-refractivity contribution in [3.63, 3.8) is 0 Å². The Balaban J connectivity index is 2.35. The molecule has 0 heterocycles. The molecule has 0 spiro atoms. The molecule has 6 heteroatoms. The number of hydrogen-bond donors (Lipinski definition) is 3. The molecule has 0 aliphatic heterocycles. The molecular weight excluding hydrogens is 260 g/mol. The van der Waals surface area contributed by atoms with E-state index in [4.69, 9.17) is 15.6 Å². The van der Waals surface area contributed by atoms with Gasteiger partial charge in [0.1, 0.15) is 11.9 Å². The highest BCUT2D eigenvalue weighted by Crippen LogP contribution is 2.18. The van der Waals surface area contributed by atoms with E-state index in [0.29, 0.717) is 11.7 Å². The molecule has 0 bridgehead atoms. The van der Waals surface area contributed by atoms with Gasteiger partial charge in [0.25, 0.3) is 5.91 Å². The fourth-order valence-electron chi connectivity index (χ4n) is 1.46. The third-order valence-corrected chi connectivity index (χ3v) is 2.74. The first-order valence-corrected chi connectivity index (χ1v) is 6.37. The maximum Gasteiger partial charge on any atom is 0.258 e. The lowest BCUT2D eigenvalue weighted by atomic mass is 10.0. The average Bonchev–Trinajstić information content (AvgIpc) is 2.42. The highest BCUT2D eigenvalue weighted by molar-refractivity contribution is 5.81. The number of aliphatic hydroxyl groups is 1. The van der Waals surface area contributed by atoms with Crippen LogP contribution in [0.4, 0.5) is 0 Å². The molecule has 20 heavy (non-hydrogen) atoms. The number of amides is 2. The van der Waals surface area contributed by atoms with Crippen LogP contribution in [0.15, 0.2) is 24.3 Å². The SMILES string of the molecule is CC(C)c1ccc(OCC(=O)NCC(O)C(N)=O)cc1. The molecule has 1 aromatic rings. The van der Waals surface area contributed by atoms with Gasteiger partial charge in [0.2, 0.25) is 5.91 Å². The second-order valence-corrected chi connectivity index (χ2v) is 4.73. The first-order chi connectivity index (χ1) is 9.40. The van der Waals surface area contributed by atoms with Crippen LogP contribution >= 0.6 is 0 Å². The number of carbonyl (C=O) groups is 2. The number of benzene rings is 1. The Morgan fingerprint density at radius 2 is 1.90 bits per heavy atom. The molecule has 0 aromatic heterocycles. The standard InChI is InChI=1S/C14H20N2O4/c1-9(2)10-3-5-11(6-4-10)20-8-13(18)16-7-12(17)14(15)19/h3-6,9,12,17H,7-8H2,1-2H3,(H2,15,19)(H,16,18). The van der Waals surface area contributed by atoms with E-state index in [1.165, 1.54) is 5.56 Å². The summed E-state index contributed by atoms with van der Waals surface area (Å²) in [5.41, 5.74) is 6.04. The molecule has 0 fully saturated rings. The summed E-state index contributed by atoms with van der Waals surface area (Å²) in [5, 5.41) is 11.5. The summed E-state index contributed by atoms with van der Waals surface area (Å²) in [4.78, 5) is 22.0. The monoisotopic (exact) mass is 280 g/mol. The molecule has 1 aromatic carbocycles. The Bertz CT molecular complexity index is 457. The molecule has 0 aliphatic rings. The zero-order valence-corrected chi connectivity index (χ0v) is 11.6. The van der Waals surface area contributed by atoms with E-state index in [2.05, 4.69) is 19.2 Å². The number of nitrogens with one attached hydrogen (secondary N) is 1. The summed E-state index contributed by atoms with van der Waals surface area (Å²) < 4.78 is 5.29. The van der Waals surface area contributed by atoms with Crippen molar-refractivity contribution in [3.05, 3.63) is 29.8 Å². The van der Waals surface area contributed by atoms with Crippen LogP contribution < -0.4 is 15.8 Å². The van der Waals surface area contributed by atoms with Crippen molar-refractivity contribution < 1.29 is 19.4 Å². The molecule has 0 saturated heterocycles. The van der Waals surface area contributed by atoms with Gasteiger partial charge in [-0.15, -0.1) is 0 Å². The molecule has 2 amide bonds. The van der Waals surface area contributed by atoms with Gasteiger partial charge in [0.05, 0.1) is 6.54 Å². The first kappa shape index (κ1) is 16.0. The number of nitrogens with two attached hydrogens (primary N) is 1. The van der Waals surface area contributed by atoms with Gasteiger partial charge in [-0.1, -0.05) is 26.0 Å². The molecule has 4 N–H and O–H groups in total. The molecule has 1 unspecified atom stereocenters. The summed E-state index contributed by atoms with van der Waals surface area (Å²) >= 11 is 0. The van der Waals surface area contributed by atoms with Crippen molar-refractivity contribution in [1.29, 1.82) is 0 Å². The van der Waals surface area contributed by atoms with Crippen LogP contribution in [0, 0.1) is 0 Å². The third-order valence-electron chi connectivity index (χ3n) is 2.74. The second-order valence-electron chi connectivity index (χ2n) is 4.73. The van der Waals surface area contributed by atoms with E-state index < -0.39 is 17.9 Å². The maximum absolute atomic E-state index is 11.4. The second kappa shape index (κ2) is 7.49. The van der Waals surface area contributed by atoms with Crippen LogP contribution in [0.1, 0.15) is 25.3 Å². The minimum atomic E-state index is -1.38. The van der Waals surface area contributed by atoms with Gasteiger partial charge in [-0.3, -0.25) is 9.59 Å².